The van der Waals surface area contributed by atoms with Crippen LogP contribution in [0, 0.1) is 0 Å². The van der Waals surface area contributed by atoms with Gasteiger partial charge in [0.25, 0.3) is 0 Å². The van der Waals surface area contributed by atoms with Crippen molar-refractivity contribution in [1.29, 1.82) is 0 Å². The lowest BCUT2D eigenvalue weighted by Crippen LogP contribution is -2.43. The summed E-state index contributed by atoms with van der Waals surface area (Å²) in [5.74, 6) is 0.980. The highest BCUT2D eigenvalue weighted by Gasteiger charge is 2.22. The second kappa shape index (κ2) is 7.85. The van der Waals surface area contributed by atoms with Gasteiger partial charge in [-0.3, -0.25) is 4.90 Å². The summed E-state index contributed by atoms with van der Waals surface area (Å²) < 4.78 is 31.4. The number of hydrogen-bond donors (Lipinski definition) is 1. The fourth-order valence-corrected chi connectivity index (χ4v) is 4.53. The Labute approximate surface area is 145 Å². The normalized spacial score (nSPS) is 21.2. The van der Waals surface area contributed by atoms with E-state index in [2.05, 4.69) is 27.8 Å². The third kappa shape index (κ3) is 5.46. The van der Waals surface area contributed by atoms with Crippen molar-refractivity contribution >= 4 is 10.0 Å². The van der Waals surface area contributed by atoms with Crippen LogP contribution < -0.4 is 9.46 Å². The smallest absolute Gasteiger partial charge is 0.208 e. The van der Waals surface area contributed by atoms with Crippen LogP contribution in [-0.4, -0.2) is 44.8 Å². The molecule has 1 aliphatic carbocycles. The highest BCUT2D eigenvalue weighted by Crippen LogP contribution is 2.25. The zero-order chi connectivity index (χ0) is 17.0. The van der Waals surface area contributed by atoms with E-state index in [-0.39, 0.29) is 6.04 Å². The number of nitrogens with zero attached hydrogens (tertiary/aromatic N) is 1. The maximum Gasteiger partial charge on any atom is 0.208 e. The highest BCUT2D eigenvalue weighted by molar-refractivity contribution is 7.88. The van der Waals surface area contributed by atoms with Gasteiger partial charge >= 0.3 is 0 Å². The first-order chi connectivity index (χ1) is 11.5. The van der Waals surface area contributed by atoms with Gasteiger partial charge in [-0.15, -0.1) is 0 Å². The molecule has 0 aromatic heterocycles. The largest absolute Gasteiger partial charge is 0.490 e. The average molecular weight is 353 g/mol. The maximum atomic E-state index is 11.3. The molecule has 1 aromatic carbocycles. The van der Waals surface area contributed by atoms with Crippen LogP contribution in [0.25, 0.3) is 0 Å². The molecule has 134 valence electrons. The topological polar surface area (TPSA) is 58.6 Å². The second-order valence-electron chi connectivity index (χ2n) is 7.11. The molecule has 2 aliphatic rings. The molecule has 2 fully saturated rings. The Bertz CT molecular complexity index is 633. The number of hydrogen-bond acceptors (Lipinski definition) is 4. The minimum Gasteiger partial charge on any atom is -0.490 e. The van der Waals surface area contributed by atoms with Gasteiger partial charge in [0.2, 0.25) is 10.0 Å². The summed E-state index contributed by atoms with van der Waals surface area (Å²) >= 11 is 0. The van der Waals surface area contributed by atoms with Gasteiger partial charge < -0.3 is 4.74 Å². The van der Waals surface area contributed by atoms with Crippen LogP contribution >= 0.6 is 0 Å². The molecule has 0 atom stereocenters. The molecule has 0 amide bonds. The SMILES string of the molecule is CS(=O)(=O)NC1CCN(Cc2cccc(OC3CCCC3)c2)CC1. The lowest BCUT2D eigenvalue weighted by molar-refractivity contribution is 0.197. The molecule has 1 saturated heterocycles. The number of sulfonamides is 1. The third-order valence-electron chi connectivity index (χ3n) is 4.88. The van der Waals surface area contributed by atoms with E-state index in [9.17, 15) is 8.42 Å². The third-order valence-corrected chi connectivity index (χ3v) is 5.64. The summed E-state index contributed by atoms with van der Waals surface area (Å²) in [5.41, 5.74) is 1.26. The predicted octanol–water partition coefficient (Wildman–Crippen LogP) is 2.52. The summed E-state index contributed by atoms with van der Waals surface area (Å²) in [7, 11) is -3.10. The first-order valence-electron chi connectivity index (χ1n) is 8.93. The average Bonchev–Trinajstić information content (AvgIpc) is 3.01. The molecule has 0 radical (unpaired) electrons. The summed E-state index contributed by atoms with van der Waals surface area (Å²) in [5, 5.41) is 0. The van der Waals surface area contributed by atoms with E-state index in [4.69, 9.17) is 4.74 Å². The number of benzene rings is 1. The Kier molecular flexibility index (Phi) is 5.79. The number of rotatable bonds is 6. The summed E-state index contributed by atoms with van der Waals surface area (Å²) in [4.78, 5) is 2.38. The van der Waals surface area contributed by atoms with E-state index < -0.39 is 10.0 Å². The molecular formula is C18H28N2O3S. The zero-order valence-electron chi connectivity index (χ0n) is 14.4. The van der Waals surface area contributed by atoms with Gasteiger partial charge in [-0.05, 0) is 56.2 Å². The maximum absolute atomic E-state index is 11.3. The predicted molar refractivity (Wildman–Crippen MR) is 95.6 cm³/mol. The molecule has 1 aliphatic heterocycles. The van der Waals surface area contributed by atoms with Crippen LogP contribution in [0.4, 0.5) is 0 Å². The Morgan fingerprint density at radius 3 is 2.54 bits per heavy atom. The number of ether oxygens (including phenoxy) is 1. The van der Waals surface area contributed by atoms with Crippen LogP contribution in [0.5, 0.6) is 5.75 Å². The highest BCUT2D eigenvalue weighted by atomic mass is 32.2. The molecule has 6 heteroatoms. The van der Waals surface area contributed by atoms with Crippen LogP contribution in [0.2, 0.25) is 0 Å². The molecular weight excluding hydrogens is 324 g/mol. The molecule has 5 nitrogen and oxygen atoms in total. The standard InChI is InChI=1S/C18H28N2O3S/c1-24(21,22)19-16-9-11-20(12-10-16)14-15-5-4-8-18(13-15)23-17-6-2-3-7-17/h4-5,8,13,16-17,19H,2-3,6-7,9-12,14H2,1H3. The fourth-order valence-electron chi connectivity index (χ4n) is 3.69. The molecule has 0 spiro atoms. The molecule has 1 N–H and O–H groups in total. The van der Waals surface area contributed by atoms with Crippen LogP contribution in [0.3, 0.4) is 0 Å². The Balaban J connectivity index is 1.49. The van der Waals surface area contributed by atoms with E-state index in [1.54, 1.807) is 0 Å². The minimum absolute atomic E-state index is 0.0771. The molecule has 1 saturated carbocycles. The van der Waals surface area contributed by atoms with Crippen molar-refractivity contribution in [1.82, 2.24) is 9.62 Å². The molecule has 1 heterocycles. The van der Waals surface area contributed by atoms with Crippen LogP contribution in [0.1, 0.15) is 44.1 Å². The molecule has 24 heavy (non-hydrogen) atoms. The van der Waals surface area contributed by atoms with Crippen molar-refractivity contribution in [2.75, 3.05) is 19.3 Å². The van der Waals surface area contributed by atoms with Gasteiger partial charge in [0, 0.05) is 25.7 Å². The number of piperidine rings is 1. The van der Waals surface area contributed by atoms with Crippen molar-refractivity contribution in [2.24, 2.45) is 0 Å². The Hall–Kier alpha value is -1.11. The molecule has 1 aromatic rings. The van der Waals surface area contributed by atoms with Crippen molar-refractivity contribution in [3.8, 4) is 5.75 Å². The van der Waals surface area contributed by atoms with E-state index >= 15 is 0 Å². The van der Waals surface area contributed by atoms with Crippen molar-refractivity contribution < 1.29 is 13.2 Å². The molecule has 0 bridgehead atoms. The van der Waals surface area contributed by atoms with Crippen LogP contribution in [0.15, 0.2) is 24.3 Å². The van der Waals surface area contributed by atoms with E-state index in [1.165, 1.54) is 37.5 Å². The van der Waals surface area contributed by atoms with Gasteiger partial charge in [-0.25, -0.2) is 13.1 Å². The monoisotopic (exact) mass is 352 g/mol. The first kappa shape index (κ1) is 17.7. The second-order valence-corrected chi connectivity index (χ2v) is 8.89. The molecule has 0 unspecified atom stereocenters. The van der Waals surface area contributed by atoms with Crippen molar-refractivity contribution in [2.45, 2.75) is 57.2 Å². The van der Waals surface area contributed by atoms with Crippen LogP contribution in [-0.2, 0) is 16.6 Å². The number of likely N-dealkylation sites (tertiary alicyclic amines) is 1. The van der Waals surface area contributed by atoms with Gasteiger partial charge in [0.05, 0.1) is 12.4 Å². The Morgan fingerprint density at radius 1 is 1.17 bits per heavy atom. The molecule has 3 rings (SSSR count). The lowest BCUT2D eigenvalue weighted by atomic mass is 10.1. The van der Waals surface area contributed by atoms with Gasteiger partial charge in [0.15, 0.2) is 0 Å². The number of nitrogens with one attached hydrogen (secondary N) is 1. The summed E-state index contributed by atoms with van der Waals surface area (Å²) in [6, 6.07) is 8.48. The van der Waals surface area contributed by atoms with Crippen molar-refractivity contribution in [3.63, 3.8) is 0 Å². The van der Waals surface area contributed by atoms with E-state index in [1.807, 2.05) is 6.07 Å². The lowest BCUT2D eigenvalue weighted by Gasteiger charge is -2.32. The van der Waals surface area contributed by atoms with Gasteiger partial charge in [0.1, 0.15) is 5.75 Å². The summed E-state index contributed by atoms with van der Waals surface area (Å²) in [6.45, 7) is 2.73. The van der Waals surface area contributed by atoms with E-state index in [0.717, 1.165) is 38.2 Å². The summed E-state index contributed by atoms with van der Waals surface area (Å²) in [6.07, 6.45) is 8.25. The van der Waals surface area contributed by atoms with Gasteiger partial charge in [-0.2, -0.15) is 0 Å². The van der Waals surface area contributed by atoms with E-state index in [0.29, 0.717) is 6.10 Å². The fraction of sp³-hybridized carbons (Fsp3) is 0.667. The van der Waals surface area contributed by atoms with Gasteiger partial charge in [-0.1, -0.05) is 12.1 Å². The quantitative estimate of drug-likeness (QED) is 0.855. The minimum atomic E-state index is -3.10. The first-order valence-corrected chi connectivity index (χ1v) is 10.8. The van der Waals surface area contributed by atoms with Crippen molar-refractivity contribution in [3.05, 3.63) is 29.8 Å². The zero-order valence-corrected chi connectivity index (χ0v) is 15.2. The Morgan fingerprint density at radius 2 is 1.88 bits per heavy atom.